The number of amides is 1. The van der Waals surface area contributed by atoms with Crippen molar-refractivity contribution in [2.24, 2.45) is 0 Å². The quantitative estimate of drug-likeness (QED) is 0.374. The molecule has 0 saturated carbocycles. The number of rotatable bonds is 8. The Morgan fingerprint density at radius 2 is 2.12 bits per heavy atom. The number of carbonyl (C=O) groups is 1. The maximum atomic E-state index is 13.0. The Morgan fingerprint density at radius 1 is 1.31 bits per heavy atom. The highest BCUT2D eigenvalue weighted by Crippen LogP contribution is 2.35. The first kappa shape index (κ1) is 22.1. The average molecular weight is 458 g/mol. The second-order valence-corrected chi connectivity index (χ2v) is 8.35. The van der Waals surface area contributed by atoms with Gasteiger partial charge in [-0.05, 0) is 50.5 Å². The second-order valence-electron chi connectivity index (χ2n) is 7.82. The van der Waals surface area contributed by atoms with E-state index < -0.39 is 0 Å². The van der Waals surface area contributed by atoms with Crippen molar-refractivity contribution in [1.29, 1.82) is 0 Å². The summed E-state index contributed by atoms with van der Waals surface area (Å²) in [5, 5.41) is 26.8. The van der Waals surface area contributed by atoms with E-state index in [0.29, 0.717) is 23.9 Å². The number of phenols is 1. The molecule has 3 heterocycles. The molecule has 1 aromatic carbocycles. The molecule has 2 atom stereocenters. The van der Waals surface area contributed by atoms with Crippen molar-refractivity contribution in [1.82, 2.24) is 13.6 Å². The lowest BCUT2D eigenvalue weighted by Crippen LogP contribution is -2.37. The number of anilines is 3. The largest absolute Gasteiger partial charge is 0.505 e. The minimum absolute atomic E-state index is 0.0831. The highest BCUT2D eigenvalue weighted by atomic mass is 32.1. The van der Waals surface area contributed by atoms with Crippen molar-refractivity contribution in [2.45, 2.75) is 45.2 Å². The SMILES string of the molecule is CC[C@@H](Nc1nsnc1Nc1cccc(C(=O)N2CCC[C@H]2CO)c1O)c1ccc(C)o1. The number of aromatic nitrogens is 2. The first-order valence-corrected chi connectivity index (χ1v) is 11.4. The van der Waals surface area contributed by atoms with E-state index in [1.807, 2.05) is 26.0 Å². The maximum absolute atomic E-state index is 13.0. The Labute approximate surface area is 190 Å². The van der Waals surface area contributed by atoms with Gasteiger partial charge in [-0.2, -0.15) is 8.75 Å². The summed E-state index contributed by atoms with van der Waals surface area (Å²) in [6.45, 7) is 4.42. The van der Waals surface area contributed by atoms with Gasteiger partial charge in [0.25, 0.3) is 5.91 Å². The number of furan rings is 1. The predicted octanol–water partition coefficient (Wildman–Crippen LogP) is 4.05. The van der Waals surface area contributed by atoms with E-state index in [9.17, 15) is 15.0 Å². The normalized spacial score (nSPS) is 16.8. The van der Waals surface area contributed by atoms with E-state index in [0.717, 1.165) is 42.5 Å². The lowest BCUT2D eigenvalue weighted by molar-refractivity contribution is 0.0674. The molecule has 170 valence electrons. The number of hydrogen-bond acceptors (Lipinski definition) is 9. The molecule has 0 aliphatic carbocycles. The van der Waals surface area contributed by atoms with E-state index >= 15 is 0 Å². The van der Waals surface area contributed by atoms with Crippen LogP contribution in [0.25, 0.3) is 0 Å². The molecule has 1 aliphatic rings. The number of nitrogens with zero attached hydrogens (tertiary/aromatic N) is 3. The summed E-state index contributed by atoms with van der Waals surface area (Å²) in [5.41, 5.74) is 0.541. The number of phenolic OH excluding ortho intramolecular Hbond substituents is 1. The monoisotopic (exact) mass is 457 g/mol. The summed E-state index contributed by atoms with van der Waals surface area (Å²) in [6, 6.07) is 8.51. The Hall–Kier alpha value is -3.11. The number of para-hydroxylation sites is 1. The lowest BCUT2D eigenvalue weighted by atomic mass is 10.1. The molecular formula is C22H27N5O4S. The molecular weight excluding hydrogens is 430 g/mol. The highest BCUT2D eigenvalue weighted by Gasteiger charge is 2.30. The van der Waals surface area contributed by atoms with Gasteiger partial charge in [-0.3, -0.25) is 4.79 Å². The van der Waals surface area contributed by atoms with Crippen LogP contribution < -0.4 is 10.6 Å². The number of hydrogen-bond donors (Lipinski definition) is 4. The van der Waals surface area contributed by atoms with Crippen LogP contribution in [0, 0.1) is 6.92 Å². The molecule has 4 N–H and O–H groups in total. The number of carbonyl (C=O) groups excluding carboxylic acids is 1. The van der Waals surface area contributed by atoms with Crippen LogP contribution >= 0.6 is 11.7 Å². The summed E-state index contributed by atoms with van der Waals surface area (Å²) in [4.78, 5) is 14.6. The predicted molar refractivity (Wildman–Crippen MR) is 123 cm³/mol. The summed E-state index contributed by atoms with van der Waals surface area (Å²) in [6.07, 6.45) is 2.37. The minimum atomic E-state index is -0.295. The fourth-order valence-corrected chi connectivity index (χ4v) is 4.41. The smallest absolute Gasteiger partial charge is 0.258 e. The number of aromatic hydroxyl groups is 1. The molecule has 10 heteroatoms. The summed E-state index contributed by atoms with van der Waals surface area (Å²) in [5.74, 6) is 2.18. The molecule has 1 fully saturated rings. The number of nitrogens with one attached hydrogen (secondary N) is 2. The topological polar surface area (TPSA) is 124 Å². The Bertz CT molecular complexity index is 1080. The van der Waals surface area contributed by atoms with E-state index in [-0.39, 0.29) is 35.9 Å². The van der Waals surface area contributed by atoms with Gasteiger partial charge < -0.3 is 30.2 Å². The molecule has 0 spiro atoms. The molecule has 4 rings (SSSR count). The molecule has 0 bridgehead atoms. The zero-order valence-electron chi connectivity index (χ0n) is 18.0. The van der Waals surface area contributed by atoms with Crippen LogP contribution in [-0.2, 0) is 0 Å². The molecule has 1 saturated heterocycles. The van der Waals surface area contributed by atoms with Crippen molar-refractivity contribution in [3.63, 3.8) is 0 Å². The summed E-state index contributed by atoms with van der Waals surface area (Å²) >= 11 is 1.04. The van der Waals surface area contributed by atoms with E-state index in [1.54, 1.807) is 23.1 Å². The fourth-order valence-electron chi connectivity index (χ4n) is 3.94. The van der Waals surface area contributed by atoms with Gasteiger partial charge >= 0.3 is 0 Å². The number of aryl methyl sites for hydroxylation is 1. The molecule has 1 amide bonds. The van der Waals surface area contributed by atoms with E-state index in [4.69, 9.17) is 4.42 Å². The average Bonchev–Trinajstić information content (AvgIpc) is 3.54. The van der Waals surface area contributed by atoms with Crippen LogP contribution in [0.5, 0.6) is 5.75 Å². The highest BCUT2D eigenvalue weighted by molar-refractivity contribution is 6.99. The van der Waals surface area contributed by atoms with Crippen molar-refractivity contribution in [3.05, 3.63) is 47.4 Å². The number of aliphatic hydroxyl groups excluding tert-OH is 1. The molecule has 1 aliphatic heterocycles. The van der Waals surface area contributed by atoms with Gasteiger partial charge in [0.05, 0.1) is 41.7 Å². The Kier molecular flexibility index (Phi) is 6.61. The Morgan fingerprint density at radius 3 is 2.84 bits per heavy atom. The van der Waals surface area contributed by atoms with Crippen LogP contribution in [0.4, 0.5) is 17.3 Å². The lowest BCUT2D eigenvalue weighted by Gasteiger charge is -2.24. The first-order valence-electron chi connectivity index (χ1n) is 10.7. The number of likely N-dealkylation sites (tertiary alicyclic amines) is 1. The van der Waals surface area contributed by atoms with Crippen molar-refractivity contribution < 1.29 is 19.4 Å². The fraction of sp³-hybridized carbons (Fsp3) is 0.409. The third kappa shape index (κ3) is 4.42. The molecule has 0 radical (unpaired) electrons. The molecule has 0 unspecified atom stereocenters. The third-order valence-electron chi connectivity index (χ3n) is 5.68. The van der Waals surface area contributed by atoms with Crippen molar-refractivity contribution >= 4 is 35.0 Å². The first-order chi connectivity index (χ1) is 15.5. The number of aliphatic hydroxyl groups is 1. The van der Waals surface area contributed by atoms with Crippen molar-refractivity contribution in [2.75, 3.05) is 23.8 Å². The maximum Gasteiger partial charge on any atom is 0.258 e. The van der Waals surface area contributed by atoms with E-state index in [1.165, 1.54) is 0 Å². The van der Waals surface area contributed by atoms with Gasteiger partial charge in [0.15, 0.2) is 17.4 Å². The van der Waals surface area contributed by atoms with Gasteiger partial charge in [0.1, 0.15) is 11.5 Å². The van der Waals surface area contributed by atoms with Crippen LogP contribution in [0.2, 0.25) is 0 Å². The number of benzene rings is 1. The molecule has 9 nitrogen and oxygen atoms in total. The van der Waals surface area contributed by atoms with Gasteiger partial charge in [-0.1, -0.05) is 13.0 Å². The zero-order valence-corrected chi connectivity index (χ0v) is 18.9. The van der Waals surface area contributed by atoms with Crippen LogP contribution in [0.3, 0.4) is 0 Å². The minimum Gasteiger partial charge on any atom is -0.505 e. The van der Waals surface area contributed by atoms with Gasteiger partial charge in [0, 0.05) is 6.54 Å². The third-order valence-corrected chi connectivity index (χ3v) is 6.21. The standard InChI is InChI=1S/C22H27N5O4S/c1-3-16(18-10-9-13(2)31-18)23-20-21(26-32-25-20)24-17-8-4-7-15(19(17)29)22(30)27-11-5-6-14(27)12-28/h4,7-10,14,16,28-29H,3,5-6,11-12H2,1-2H3,(H,23,25)(H,24,26)/t14-,16+/m0/s1. The second kappa shape index (κ2) is 9.58. The van der Waals surface area contributed by atoms with Gasteiger partial charge in [0.2, 0.25) is 0 Å². The van der Waals surface area contributed by atoms with Crippen molar-refractivity contribution in [3.8, 4) is 5.75 Å². The van der Waals surface area contributed by atoms with Crippen LogP contribution in [0.1, 0.15) is 54.1 Å². The van der Waals surface area contributed by atoms with Crippen LogP contribution in [0.15, 0.2) is 34.7 Å². The summed E-state index contributed by atoms with van der Waals surface area (Å²) in [7, 11) is 0. The zero-order chi connectivity index (χ0) is 22.7. The molecule has 32 heavy (non-hydrogen) atoms. The van der Waals surface area contributed by atoms with Gasteiger partial charge in [-0.25, -0.2) is 0 Å². The molecule has 3 aromatic rings. The Balaban J connectivity index is 1.54. The summed E-state index contributed by atoms with van der Waals surface area (Å²) < 4.78 is 14.4. The van der Waals surface area contributed by atoms with E-state index in [2.05, 4.69) is 19.4 Å². The van der Waals surface area contributed by atoms with Gasteiger partial charge in [-0.15, -0.1) is 0 Å². The van der Waals surface area contributed by atoms with Crippen LogP contribution in [-0.4, -0.2) is 49.0 Å². The molecule has 2 aromatic heterocycles.